The predicted molar refractivity (Wildman–Crippen MR) is 60.6 cm³/mol. The van der Waals surface area contributed by atoms with E-state index in [1.165, 1.54) is 18.9 Å². The third-order valence-corrected chi connectivity index (χ3v) is 3.02. The molecule has 1 aromatic heterocycles. The maximum Gasteiger partial charge on any atom is 0.357 e. The highest BCUT2D eigenvalue weighted by Crippen LogP contribution is 2.19. The van der Waals surface area contributed by atoms with Crippen molar-refractivity contribution in [3.63, 3.8) is 0 Å². The maximum atomic E-state index is 11.6. The van der Waals surface area contributed by atoms with Crippen molar-refractivity contribution in [3.05, 3.63) is 17.0 Å². The molecule has 0 saturated carbocycles. The van der Waals surface area contributed by atoms with E-state index in [4.69, 9.17) is 4.74 Å². The number of hydrogen-bond donors (Lipinski definition) is 1. The minimum Gasteiger partial charge on any atom is -0.464 e. The molecule has 2 heterocycles. The average Bonchev–Trinajstić information content (AvgIpc) is 2.36. The summed E-state index contributed by atoms with van der Waals surface area (Å²) in [4.78, 5) is 20.2. The van der Waals surface area contributed by atoms with Crippen LogP contribution in [0.5, 0.6) is 0 Å². The molecule has 16 heavy (non-hydrogen) atoms. The minimum absolute atomic E-state index is 0.391. The van der Waals surface area contributed by atoms with Crippen molar-refractivity contribution < 1.29 is 9.53 Å². The quantitative estimate of drug-likeness (QED) is 0.464. The fourth-order valence-corrected chi connectivity index (χ4v) is 2.06. The number of carbonyl (C=O) groups excluding carboxylic acids is 1. The fourth-order valence-electron chi connectivity index (χ4n) is 1.68. The Morgan fingerprint density at radius 3 is 3.00 bits per heavy atom. The maximum absolute atomic E-state index is 11.6. The molecule has 1 N–H and O–H groups in total. The average molecular weight is 239 g/mol. The number of ether oxygens (including phenoxy) is 1. The van der Waals surface area contributed by atoms with E-state index >= 15 is 0 Å². The van der Waals surface area contributed by atoms with E-state index in [2.05, 4.69) is 15.3 Å². The Morgan fingerprint density at radius 2 is 2.31 bits per heavy atom. The molecule has 0 fully saturated rings. The van der Waals surface area contributed by atoms with Crippen LogP contribution in [0.25, 0.3) is 0 Å². The first-order chi connectivity index (χ1) is 7.76. The van der Waals surface area contributed by atoms with Gasteiger partial charge in [-0.05, 0) is 6.26 Å². The first kappa shape index (κ1) is 11.3. The van der Waals surface area contributed by atoms with Crippen LogP contribution in [0.1, 0.15) is 21.7 Å². The number of hydrogen-bond acceptors (Lipinski definition) is 6. The molecule has 1 aliphatic heterocycles. The smallest absolute Gasteiger partial charge is 0.357 e. The molecule has 5 nitrogen and oxygen atoms in total. The second kappa shape index (κ2) is 4.80. The van der Waals surface area contributed by atoms with Gasteiger partial charge in [0.2, 0.25) is 0 Å². The van der Waals surface area contributed by atoms with Crippen LogP contribution in [0.2, 0.25) is 0 Å². The normalized spacial score (nSPS) is 14.4. The van der Waals surface area contributed by atoms with Gasteiger partial charge in [-0.2, -0.15) is 0 Å². The van der Waals surface area contributed by atoms with E-state index in [0.717, 1.165) is 24.2 Å². The van der Waals surface area contributed by atoms with Crippen LogP contribution in [-0.2, 0) is 17.7 Å². The van der Waals surface area contributed by atoms with Crippen molar-refractivity contribution in [1.82, 2.24) is 15.3 Å². The summed E-state index contributed by atoms with van der Waals surface area (Å²) in [5.74, 6) is -0.391. The second-order valence-electron chi connectivity index (χ2n) is 3.40. The molecule has 0 radical (unpaired) electrons. The van der Waals surface area contributed by atoms with Crippen molar-refractivity contribution in [3.8, 4) is 0 Å². The molecule has 0 saturated heterocycles. The zero-order valence-electron chi connectivity index (χ0n) is 9.24. The van der Waals surface area contributed by atoms with E-state index in [1.54, 1.807) is 0 Å². The molecule has 0 aliphatic carbocycles. The highest BCUT2D eigenvalue weighted by molar-refractivity contribution is 7.98. The number of nitrogens with one attached hydrogen (secondary N) is 1. The molecular formula is C10H13N3O2S. The minimum atomic E-state index is -0.391. The van der Waals surface area contributed by atoms with Crippen LogP contribution in [0.3, 0.4) is 0 Å². The lowest BCUT2D eigenvalue weighted by Gasteiger charge is -2.18. The van der Waals surface area contributed by atoms with Crippen LogP contribution < -0.4 is 5.32 Å². The van der Waals surface area contributed by atoms with Crippen LogP contribution in [-0.4, -0.2) is 35.8 Å². The Labute approximate surface area is 98.0 Å². The molecule has 1 aliphatic rings. The summed E-state index contributed by atoms with van der Waals surface area (Å²) in [7, 11) is 1.37. The highest BCUT2D eigenvalue weighted by atomic mass is 32.2. The van der Waals surface area contributed by atoms with E-state index in [0.29, 0.717) is 17.4 Å². The van der Waals surface area contributed by atoms with E-state index in [1.807, 2.05) is 6.26 Å². The molecule has 0 unspecified atom stereocenters. The molecule has 6 heteroatoms. The molecule has 0 atom stereocenters. The zero-order chi connectivity index (χ0) is 11.5. The summed E-state index contributed by atoms with van der Waals surface area (Å²) < 4.78 is 4.74. The molecule has 0 bridgehead atoms. The van der Waals surface area contributed by atoms with Gasteiger partial charge in [0.1, 0.15) is 0 Å². The summed E-state index contributed by atoms with van der Waals surface area (Å²) in [5, 5.41) is 3.83. The van der Waals surface area contributed by atoms with Crippen molar-refractivity contribution in [2.24, 2.45) is 0 Å². The van der Waals surface area contributed by atoms with Gasteiger partial charge in [-0.1, -0.05) is 11.8 Å². The Morgan fingerprint density at radius 1 is 1.50 bits per heavy atom. The lowest BCUT2D eigenvalue weighted by atomic mass is 10.1. The molecule has 0 aromatic carbocycles. The number of aromatic nitrogens is 2. The lowest BCUT2D eigenvalue weighted by molar-refractivity contribution is 0.0590. The number of rotatable bonds is 2. The van der Waals surface area contributed by atoms with Gasteiger partial charge in [0.05, 0.1) is 12.8 Å². The highest BCUT2D eigenvalue weighted by Gasteiger charge is 2.22. The summed E-state index contributed by atoms with van der Waals surface area (Å²) in [6, 6.07) is 0. The van der Waals surface area contributed by atoms with Gasteiger partial charge in [0, 0.05) is 25.1 Å². The molecule has 0 amide bonds. The van der Waals surface area contributed by atoms with E-state index in [-0.39, 0.29) is 0 Å². The Balaban J connectivity index is 2.51. The van der Waals surface area contributed by atoms with Gasteiger partial charge in [-0.3, -0.25) is 0 Å². The summed E-state index contributed by atoms with van der Waals surface area (Å²) in [6.45, 7) is 1.52. The fraction of sp³-hybridized carbons (Fsp3) is 0.500. The monoisotopic (exact) mass is 239 g/mol. The third-order valence-electron chi connectivity index (χ3n) is 2.47. The largest absolute Gasteiger partial charge is 0.464 e. The summed E-state index contributed by atoms with van der Waals surface area (Å²) in [5.41, 5.74) is 2.22. The first-order valence-electron chi connectivity index (χ1n) is 4.99. The van der Waals surface area contributed by atoms with Crippen LogP contribution >= 0.6 is 11.8 Å². The Bertz CT molecular complexity index is 423. The van der Waals surface area contributed by atoms with E-state index in [9.17, 15) is 4.79 Å². The topological polar surface area (TPSA) is 64.1 Å². The molecule has 1 aromatic rings. The standard InChI is InChI=1S/C10H13N3O2S/c1-15-9(14)8-6-5-11-4-3-7(6)12-10(13-8)16-2/h11H,3-5H2,1-2H3. The SMILES string of the molecule is COC(=O)c1nc(SC)nc2c1CNCC2. The van der Waals surface area contributed by atoms with Gasteiger partial charge in [-0.15, -0.1) is 0 Å². The van der Waals surface area contributed by atoms with Crippen molar-refractivity contribution in [2.75, 3.05) is 19.9 Å². The van der Waals surface area contributed by atoms with E-state index < -0.39 is 5.97 Å². The van der Waals surface area contributed by atoms with Crippen molar-refractivity contribution >= 4 is 17.7 Å². The van der Waals surface area contributed by atoms with Gasteiger partial charge < -0.3 is 10.1 Å². The van der Waals surface area contributed by atoms with Crippen molar-refractivity contribution in [1.29, 1.82) is 0 Å². The zero-order valence-corrected chi connectivity index (χ0v) is 10.1. The predicted octanol–water partition coefficient (Wildman–Crippen LogP) is 0.631. The van der Waals surface area contributed by atoms with Gasteiger partial charge in [-0.25, -0.2) is 14.8 Å². The Kier molecular flexibility index (Phi) is 3.40. The Hall–Kier alpha value is -1.14. The van der Waals surface area contributed by atoms with Crippen LogP contribution in [0, 0.1) is 0 Å². The van der Waals surface area contributed by atoms with Gasteiger partial charge in [0.25, 0.3) is 0 Å². The molecule has 0 spiro atoms. The lowest BCUT2D eigenvalue weighted by Crippen LogP contribution is -2.28. The number of nitrogens with zero attached hydrogens (tertiary/aromatic N) is 2. The number of thioether (sulfide) groups is 1. The number of esters is 1. The molecular weight excluding hydrogens is 226 g/mol. The third kappa shape index (κ3) is 2.03. The number of methoxy groups -OCH3 is 1. The van der Waals surface area contributed by atoms with Crippen LogP contribution in [0.15, 0.2) is 5.16 Å². The van der Waals surface area contributed by atoms with Gasteiger partial charge >= 0.3 is 5.97 Å². The number of carbonyl (C=O) groups is 1. The molecule has 2 rings (SSSR count). The van der Waals surface area contributed by atoms with Crippen LogP contribution in [0.4, 0.5) is 0 Å². The van der Waals surface area contributed by atoms with Gasteiger partial charge in [0.15, 0.2) is 10.9 Å². The summed E-state index contributed by atoms with van der Waals surface area (Å²) >= 11 is 1.43. The first-order valence-corrected chi connectivity index (χ1v) is 6.21. The van der Waals surface area contributed by atoms with Crippen molar-refractivity contribution in [2.45, 2.75) is 18.1 Å². The second-order valence-corrected chi connectivity index (χ2v) is 4.18. The number of fused-ring (bicyclic) bond motifs is 1. The summed E-state index contributed by atoms with van der Waals surface area (Å²) in [6.07, 6.45) is 2.72. The molecule has 86 valence electrons.